The highest BCUT2D eigenvalue weighted by Crippen LogP contribution is 2.55. The van der Waals surface area contributed by atoms with Crippen molar-refractivity contribution >= 4 is 101 Å². The number of benzene rings is 15. The van der Waals surface area contributed by atoms with E-state index in [1.807, 2.05) is 0 Å². The van der Waals surface area contributed by atoms with E-state index in [4.69, 9.17) is 8.83 Å². The molecule has 0 unspecified atom stereocenters. The maximum atomic E-state index is 6.50. The smallest absolute Gasteiger partial charge is 0.252 e. The molecule has 0 N–H and O–H groups in total. The van der Waals surface area contributed by atoms with Gasteiger partial charge in [-0.1, -0.05) is 279 Å². The molecule has 97 heavy (non-hydrogen) atoms. The molecule has 0 spiro atoms. The van der Waals surface area contributed by atoms with Crippen LogP contribution in [0, 0.1) is 0 Å². The average molecular weight is 1240 g/mol. The van der Waals surface area contributed by atoms with Gasteiger partial charge in [0.2, 0.25) is 0 Å². The first-order chi connectivity index (χ1) is 48.1. The van der Waals surface area contributed by atoms with Gasteiger partial charge in [-0.15, -0.1) is 0 Å². The molecular formula is C92H59BN2O2. The van der Waals surface area contributed by atoms with Crippen LogP contribution < -0.4 is 26.2 Å². The van der Waals surface area contributed by atoms with Crippen molar-refractivity contribution in [2.24, 2.45) is 0 Å². The zero-order valence-electron chi connectivity index (χ0n) is 52.9. The predicted octanol–water partition coefficient (Wildman–Crippen LogP) is 22.7. The van der Waals surface area contributed by atoms with E-state index < -0.39 is 0 Å². The van der Waals surface area contributed by atoms with Crippen molar-refractivity contribution in [3.05, 3.63) is 368 Å². The van der Waals surface area contributed by atoms with Crippen molar-refractivity contribution < 1.29 is 8.83 Å². The van der Waals surface area contributed by atoms with Crippen LogP contribution in [0.5, 0.6) is 0 Å². The fourth-order valence-corrected chi connectivity index (χ4v) is 16.5. The summed E-state index contributed by atoms with van der Waals surface area (Å²) in [5.41, 5.74) is 34.0. The second-order valence-corrected chi connectivity index (χ2v) is 26.1. The number of hydrogen-bond donors (Lipinski definition) is 0. The van der Waals surface area contributed by atoms with Gasteiger partial charge in [-0.3, -0.25) is 0 Å². The minimum Gasteiger partial charge on any atom is -0.456 e. The third-order valence-electron chi connectivity index (χ3n) is 20.8. The van der Waals surface area contributed by atoms with Crippen molar-refractivity contribution in [2.45, 2.75) is 12.3 Å². The average Bonchev–Trinajstić information content (AvgIpc) is 1.38. The van der Waals surface area contributed by atoms with Crippen LogP contribution in [0.25, 0.3) is 111 Å². The molecule has 452 valence electrons. The number of hydrogen-bond acceptors (Lipinski definition) is 4. The second kappa shape index (κ2) is 22.1. The van der Waals surface area contributed by atoms with Gasteiger partial charge >= 0.3 is 0 Å². The van der Waals surface area contributed by atoms with Crippen LogP contribution in [0.3, 0.4) is 0 Å². The molecule has 0 atom stereocenters. The van der Waals surface area contributed by atoms with E-state index in [-0.39, 0.29) is 12.6 Å². The Morgan fingerprint density at radius 3 is 1.04 bits per heavy atom. The molecule has 15 aromatic carbocycles. The summed E-state index contributed by atoms with van der Waals surface area (Å²) in [6.45, 7) is -0.237. The Morgan fingerprint density at radius 2 is 0.619 bits per heavy atom. The summed E-state index contributed by atoms with van der Waals surface area (Å²) in [5, 5.41) is 4.40. The minimum atomic E-state index is -0.237. The van der Waals surface area contributed by atoms with Gasteiger partial charge in [-0.2, -0.15) is 0 Å². The van der Waals surface area contributed by atoms with Gasteiger partial charge in [-0.25, -0.2) is 0 Å². The van der Waals surface area contributed by atoms with Crippen LogP contribution in [0.1, 0.15) is 33.7 Å². The molecule has 0 bridgehead atoms. The van der Waals surface area contributed by atoms with Crippen molar-refractivity contribution in [2.75, 3.05) is 9.80 Å². The summed E-state index contributed by atoms with van der Waals surface area (Å²) in [5.74, 6) is -0.116. The summed E-state index contributed by atoms with van der Waals surface area (Å²) in [4.78, 5) is 5.38. The maximum absolute atomic E-state index is 6.50. The third-order valence-corrected chi connectivity index (χ3v) is 20.8. The Hall–Kier alpha value is -12.4. The summed E-state index contributed by atoms with van der Waals surface area (Å²) in [7, 11) is 0. The predicted molar refractivity (Wildman–Crippen MR) is 404 cm³/mol. The Morgan fingerprint density at radius 1 is 0.268 bits per heavy atom. The number of nitrogens with zero attached hydrogens (tertiary/aromatic N) is 2. The van der Waals surface area contributed by atoms with Crippen molar-refractivity contribution in [1.82, 2.24) is 0 Å². The standard InChI is InChI=1S/C92H59BN2O2/c1-5-23-58(24-6-1)71-37-21-38-72(59-25-7-2-8-26-59)91(71)94-81-54-64(62-45-49-87-77(52-62)75-35-17-19-41-85(75)96-87)43-47-79(81)93-80-48-44-65(63-46-50-88-78(53-63)76-36-18-20-42-86(76)97-88)55-82(80)95(92-73(60-27-9-3-10-28-60)39-22-40-74(92)61-29-11-4-12-30-61)84-57-68(56-83(94)90(84)93)89-69-33-15-13-31-66(69)51-67-32-14-16-34-70(67)89/h1-50,52-57,89H,51H2. The Labute approximate surface area is 562 Å². The maximum Gasteiger partial charge on any atom is 0.252 e. The van der Waals surface area contributed by atoms with Crippen LogP contribution in [0.2, 0.25) is 0 Å². The van der Waals surface area contributed by atoms with E-state index in [0.29, 0.717) is 0 Å². The van der Waals surface area contributed by atoms with Crippen molar-refractivity contribution in [1.29, 1.82) is 0 Å². The van der Waals surface area contributed by atoms with E-state index >= 15 is 0 Å². The number of rotatable bonds is 9. The molecule has 0 saturated carbocycles. The fraction of sp³-hybridized carbons (Fsp3) is 0.0217. The molecule has 3 aliphatic rings. The molecule has 2 aliphatic heterocycles. The number of anilines is 6. The summed E-state index contributed by atoms with van der Waals surface area (Å²) in [6, 6.07) is 126. The minimum absolute atomic E-state index is 0.116. The second-order valence-electron chi connectivity index (χ2n) is 26.1. The van der Waals surface area contributed by atoms with Crippen LogP contribution in [-0.4, -0.2) is 6.71 Å². The van der Waals surface area contributed by atoms with Gasteiger partial charge in [0.1, 0.15) is 22.3 Å². The number of para-hydroxylation sites is 4. The van der Waals surface area contributed by atoms with E-state index in [0.717, 1.165) is 151 Å². The fourth-order valence-electron chi connectivity index (χ4n) is 16.5. The molecule has 0 amide bonds. The number of fused-ring (bicyclic) bond motifs is 12. The molecule has 17 aromatic rings. The Kier molecular flexibility index (Phi) is 12.5. The highest BCUT2D eigenvalue weighted by Gasteiger charge is 2.46. The molecule has 20 rings (SSSR count). The van der Waals surface area contributed by atoms with E-state index in [1.165, 1.54) is 44.2 Å². The highest BCUT2D eigenvalue weighted by molar-refractivity contribution is 7.00. The zero-order valence-corrected chi connectivity index (χ0v) is 52.9. The topological polar surface area (TPSA) is 32.8 Å². The molecule has 1 aliphatic carbocycles. The summed E-state index contributed by atoms with van der Waals surface area (Å²) < 4.78 is 13.0. The van der Waals surface area contributed by atoms with Gasteiger partial charge in [0.05, 0.1) is 11.4 Å². The van der Waals surface area contributed by atoms with E-state index in [9.17, 15) is 0 Å². The lowest BCUT2D eigenvalue weighted by atomic mass is 9.33. The molecule has 4 nitrogen and oxygen atoms in total. The summed E-state index contributed by atoms with van der Waals surface area (Å²) >= 11 is 0. The first-order valence-corrected chi connectivity index (χ1v) is 33.6. The van der Waals surface area contributed by atoms with Crippen molar-refractivity contribution in [3.63, 3.8) is 0 Å². The van der Waals surface area contributed by atoms with Gasteiger partial charge in [0.15, 0.2) is 0 Å². The quantitative estimate of drug-likeness (QED) is 0.135. The Bertz CT molecular complexity index is 5540. The SMILES string of the molecule is c1ccc(-c2cccc(-c3ccccc3)c2N2c3cc(-c4ccc5oc6ccccc6c5c4)ccc3B3c4ccc(-c5ccc6oc7ccccc7c6c5)cc4N(c4c(-c5ccccc5)cccc4-c4ccccc4)c4cc(C5c6ccccc6Cc6ccccc65)cc2c43)cc1. The molecule has 0 radical (unpaired) electrons. The lowest BCUT2D eigenvalue weighted by Gasteiger charge is -2.46. The largest absolute Gasteiger partial charge is 0.456 e. The van der Waals surface area contributed by atoms with Crippen LogP contribution in [0.4, 0.5) is 34.1 Å². The van der Waals surface area contributed by atoms with Gasteiger partial charge in [0.25, 0.3) is 6.71 Å². The lowest BCUT2D eigenvalue weighted by molar-refractivity contribution is 0.668. The van der Waals surface area contributed by atoms with Crippen LogP contribution in [0.15, 0.2) is 349 Å². The van der Waals surface area contributed by atoms with Crippen LogP contribution in [-0.2, 0) is 6.42 Å². The molecular weight excluding hydrogens is 1180 g/mol. The first-order valence-electron chi connectivity index (χ1n) is 33.6. The Balaban J connectivity index is 0.953. The van der Waals surface area contributed by atoms with E-state index in [1.54, 1.807) is 0 Å². The molecule has 4 heterocycles. The number of furan rings is 2. The van der Waals surface area contributed by atoms with E-state index in [2.05, 4.69) is 350 Å². The molecule has 5 heteroatoms. The molecule has 0 fully saturated rings. The highest BCUT2D eigenvalue weighted by atomic mass is 16.3. The van der Waals surface area contributed by atoms with Crippen LogP contribution >= 0.6 is 0 Å². The monoisotopic (exact) mass is 1230 g/mol. The van der Waals surface area contributed by atoms with Crippen molar-refractivity contribution in [3.8, 4) is 66.8 Å². The van der Waals surface area contributed by atoms with Gasteiger partial charge in [-0.05, 0) is 156 Å². The van der Waals surface area contributed by atoms with Gasteiger partial charge in [0, 0.05) is 72.5 Å². The zero-order chi connectivity index (χ0) is 63.7. The first kappa shape index (κ1) is 55.1. The molecule has 0 saturated heterocycles. The van der Waals surface area contributed by atoms with Gasteiger partial charge < -0.3 is 18.6 Å². The normalized spacial score (nSPS) is 13.0. The third kappa shape index (κ3) is 8.78. The molecule has 2 aromatic heterocycles. The lowest BCUT2D eigenvalue weighted by Crippen LogP contribution is -2.61. The summed E-state index contributed by atoms with van der Waals surface area (Å²) in [6.07, 6.45) is 0.865.